The monoisotopic (exact) mass is 240 g/mol. The third kappa shape index (κ3) is 2.56. The average molecular weight is 240 g/mol. The lowest BCUT2D eigenvalue weighted by molar-refractivity contribution is 0.0897. The van der Waals surface area contributed by atoms with Crippen molar-refractivity contribution in [2.45, 2.75) is 26.4 Å². The fourth-order valence-corrected chi connectivity index (χ4v) is 2.50. The van der Waals surface area contributed by atoms with E-state index >= 15 is 0 Å². The van der Waals surface area contributed by atoms with Crippen LogP contribution in [0.1, 0.15) is 31.1 Å². The number of rotatable bonds is 4. The van der Waals surface area contributed by atoms with Gasteiger partial charge in [-0.2, -0.15) is 0 Å². The summed E-state index contributed by atoms with van der Waals surface area (Å²) in [6, 6.07) is 8.55. The van der Waals surface area contributed by atoms with Crippen molar-refractivity contribution >= 4 is 0 Å². The van der Waals surface area contributed by atoms with Gasteiger partial charge in [-0.3, -0.25) is 0 Å². The number of hydrogen-bond acceptors (Lipinski definition) is 1. The minimum Gasteiger partial charge on any atom is -0.485 e. The Hall–Kier alpha value is -1.76. The zero-order chi connectivity index (χ0) is 13.0. The molecule has 0 spiro atoms. The minimum absolute atomic E-state index is 0.156. The predicted octanol–water partition coefficient (Wildman–Crippen LogP) is 4.58. The molecule has 1 aromatic rings. The van der Waals surface area contributed by atoms with Gasteiger partial charge in [0.15, 0.2) is 0 Å². The molecule has 94 valence electrons. The summed E-state index contributed by atoms with van der Waals surface area (Å²) in [5, 5.41) is 0. The summed E-state index contributed by atoms with van der Waals surface area (Å²) in [4.78, 5) is 0. The summed E-state index contributed by atoms with van der Waals surface area (Å²) in [5.41, 5.74) is 2.73. The second-order valence-electron chi connectivity index (χ2n) is 4.72. The first-order valence-corrected chi connectivity index (χ1v) is 6.46. The van der Waals surface area contributed by atoms with Crippen LogP contribution >= 0.6 is 0 Å². The highest BCUT2D eigenvalue weighted by Gasteiger charge is 2.30. The van der Waals surface area contributed by atoms with E-state index in [4.69, 9.17) is 4.74 Å². The maximum Gasteiger partial charge on any atom is 0.127 e. The lowest BCUT2D eigenvalue weighted by atomic mass is 10.1. The molecule has 0 saturated carbocycles. The second kappa shape index (κ2) is 5.72. The van der Waals surface area contributed by atoms with E-state index in [9.17, 15) is 0 Å². The van der Waals surface area contributed by atoms with Gasteiger partial charge in [-0.15, -0.1) is 0 Å². The van der Waals surface area contributed by atoms with E-state index in [1.165, 1.54) is 11.1 Å². The lowest BCUT2D eigenvalue weighted by Crippen LogP contribution is -2.07. The van der Waals surface area contributed by atoms with Crippen LogP contribution in [0.5, 0.6) is 0 Å². The second-order valence-corrected chi connectivity index (χ2v) is 4.72. The number of benzene rings is 1. The van der Waals surface area contributed by atoms with Crippen LogP contribution in [0.2, 0.25) is 0 Å². The molecule has 0 aliphatic heterocycles. The molecule has 1 aromatic carbocycles. The van der Waals surface area contributed by atoms with Crippen LogP contribution in [0.4, 0.5) is 0 Å². The molecule has 1 aliphatic carbocycles. The van der Waals surface area contributed by atoms with Gasteiger partial charge in [0.05, 0.1) is 0 Å². The molecule has 0 aromatic heterocycles. The van der Waals surface area contributed by atoms with E-state index in [0.29, 0.717) is 5.92 Å². The van der Waals surface area contributed by atoms with E-state index in [-0.39, 0.29) is 6.10 Å². The molecule has 0 N–H and O–H groups in total. The Balaban J connectivity index is 2.23. The smallest absolute Gasteiger partial charge is 0.127 e. The molecular formula is C17H20O. The normalized spacial score (nSPS) is 23.1. The van der Waals surface area contributed by atoms with Gasteiger partial charge in [0.25, 0.3) is 0 Å². The van der Waals surface area contributed by atoms with Gasteiger partial charge in [-0.05, 0) is 36.6 Å². The SMILES string of the molecule is C=C/C=C(\C=C/C)OC1c2ccccc2C[C@H]1C. The lowest BCUT2D eigenvalue weighted by Gasteiger charge is -2.19. The van der Waals surface area contributed by atoms with Crippen LogP contribution in [0.15, 0.2) is 60.9 Å². The molecule has 2 rings (SSSR count). The van der Waals surface area contributed by atoms with Crippen molar-refractivity contribution in [3.05, 3.63) is 72.0 Å². The minimum atomic E-state index is 0.156. The van der Waals surface area contributed by atoms with Gasteiger partial charge in [-0.1, -0.05) is 49.9 Å². The Morgan fingerprint density at radius 1 is 1.39 bits per heavy atom. The standard InChI is InChI=1S/C17H20O/c1-4-8-15(9-5-2)18-17-13(3)12-14-10-6-7-11-16(14)17/h4-11,13,17H,1,12H2,2-3H3/b9-5-,15-8+/t13-,17?/m1/s1. The van der Waals surface area contributed by atoms with Crippen molar-refractivity contribution in [3.8, 4) is 0 Å². The van der Waals surface area contributed by atoms with E-state index in [1.807, 2.05) is 25.2 Å². The number of allylic oxidation sites excluding steroid dienone is 4. The van der Waals surface area contributed by atoms with Gasteiger partial charge in [0, 0.05) is 5.92 Å². The predicted molar refractivity (Wildman–Crippen MR) is 76.2 cm³/mol. The maximum atomic E-state index is 6.13. The van der Waals surface area contributed by atoms with Gasteiger partial charge in [0.2, 0.25) is 0 Å². The first kappa shape index (κ1) is 12.7. The number of hydrogen-bond donors (Lipinski definition) is 0. The zero-order valence-corrected chi connectivity index (χ0v) is 11.1. The summed E-state index contributed by atoms with van der Waals surface area (Å²) in [6.07, 6.45) is 8.89. The Bertz CT molecular complexity index is 482. The maximum absolute atomic E-state index is 6.13. The number of fused-ring (bicyclic) bond motifs is 1. The molecule has 1 heteroatoms. The van der Waals surface area contributed by atoms with Crippen molar-refractivity contribution < 1.29 is 4.74 Å². The zero-order valence-electron chi connectivity index (χ0n) is 11.1. The summed E-state index contributed by atoms with van der Waals surface area (Å²) in [7, 11) is 0. The molecular weight excluding hydrogens is 220 g/mol. The van der Waals surface area contributed by atoms with Crippen LogP contribution in [0.3, 0.4) is 0 Å². The molecule has 0 bridgehead atoms. The Kier molecular flexibility index (Phi) is 4.03. The van der Waals surface area contributed by atoms with Gasteiger partial charge in [-0.25, -0.2) is 0 Å². The van der Waals surface area contributed by atoms with Gasteiger partial charge < -0.3 is 4.74 Å². The van der Waals surface area contributed by atoms with Crippen LogP contribution < -0.4 is 0 Å². The van der Waals surface area contributed by atoms with E-state index in [0.717, 1.165) is 12.2 Å². The molecule has 0 amide bonds. The molecule has 2 atom stereocenters. The molecule has 0 heterocycles. The van der Waals surface area contributed by atoms with Crippen molar-refractivity contribution in [3.63, 3.8) is 0 Å². The molecule has 0 fully saturated rings. The topological polar surface area (TPSA) is 9.23 Å². The van der Waals surface area contributed by atoms with E-state index in [2.05, 4.69) is 37.8 Å². The summed E-state index contributed by atoms with van der Waals surface area (Å²) < 4.78 is 6.13. The van der Waals surface area contributed by atoms with Gasteiger partial charge >= 0.3 is 0 Å². The van der Waals surface area contributed by atoms with Crippen LogP contribution in [-0.4, -0.2) is 0 Å². The largest absolute Gasteiger partial charge is 0.485 e. The van der Waals surface area contributed by atoms with Crippen LogP contribution in [-0.2, 0) is 11.2 Å². The quantitative estimate of drug-likeness (QED) is 0.553. The van der Waals surface area contributed by atoms with Crippen molar-refractivity contribution in [2.75, 3.05) is 0 Å². The van der Waals surface area contributed by atoms with Gasteiger partial charge in [0.1, 0.15) is 11.9 Å². The highest BCUT2D eigenvalue weighted by molar-refractivity contribution is 5.35. The first-order chi connectivity index (χ1) is 8.76. The number of ether oxygens (including phenoxy) is 1. The molecule has 1 aliphatic rings. The van der Waals surface area contributed by atoms with Crippen molar-refractivity contribution in [1.82, 2.24) is 0 Å². The van der Waals surface area contributed by atoms with Crippen molar-refractivity contribution in [2.24, 2.45) is 5.92 Å². The molecule has 0 radical (unpaired) electrons. The molecule has 1 unspecified atom stereocenters. The Morgan fingerprint density at radius 2 is 2.17 bits per heavy atom. The molecule has 1 nitrogen and oxygen atoms in total. The fraction of sp³-hybridized carbons (Fsp3) is 0.294. The Labute approximate surface area is 109 Å². The van der Waals surface area contributed by atoms with E-state index < -0.39 is 0 Å². The third-order valence-electron chi connectivity index (χ3n) is 3.30. The molecule has 0 saturated heterocycles. The van der Waals surface area contributed by atoms with Crippen molar-refractivity contribution in [1.29, 1.82) is 0 Å². The highest BCUT2D eigenvalue weighted by Crippen LogP contribution is 2.39. The summed E-state index contributed by atoms with van der Waals surface area (Å²) >= 11 is 0. The fourth-order valence-electron chi connectivity index (χ4n) is 2.50. The first-order valence-electron chi connectivity index (χ1n) is 6.46. The highest BCUT2D eigenvalue weighted by atomic mass is 16.5. The third-order valence-corrected chi connectivity index (χ3v) is 3.30. The van der Waals surface area contributed by atoms with Crippen LogP contribution in [0.25, 0.3) is 0 Å². The Morgan fingerprint density at radius 3 is 2.89 bits per heavy atom. The van der Waals surface area contributed by atoms with Crippen LogP contribution in [0, 0.1) is 5.92 Å². The summed E-state index contributed by atoms with van der Waals surface area (Å²) in [5.74, 6) is 1.39. The average Bonchev–Trinajstić information content (AvgIpc) is 2.67. The molecule has 18 heavy (non-hydrogen) atoms. The van der Waals surface area contributed by atoms with E-state index in [1.54, 1.807) is 6.08 Å². The summed E-state index contributed by atoms with van der Waals surface area (Å²) in [6.45, 7) is 7.96.